The van der Waals surface area contributed by atoms with Crippen LogP contribution < -0.4 is 10.3 Å². The molecule has 0 saturated heterocycles. The van der Waals surface area contributed by atoms with Gasteiger partial charge in [0, 0.05) is 19.5 Å². The number of hydrogen-bond acceptors (Lipinski definition) is 4. The van der Waals surface area contributed by atoms with Gasteiger partial charge in [-0.1, -0.05) is 48.5 Å². The van der Waals surface area contributed by atoms with Crippen LogP contribution in [0.25, 0.3) is 0 Å². The minimum absolute atomic E-state index is 0.0400. The van der Waals surface area contributed by atoms with Gasteiger partial charge in [0.2, 0.25) is 0 Å². The van der Waals surface area contributed by atoms with Gasteiger partial charge in [-0.15, -0.1) is 0 Å². The van der Waals surface area contributed by atoms with Gasteiger partial charge >= 0.3 is 0 Å². The van der Waals surface area contributed by atoms with Crippen LogP contribution in [0.1, 0.15) is 18.0 Å². The molecule has 1 heterocycles. The van der Waals surface area contributed by atoms with Crippen LogP contribution >= 0.6 is 0 Å². The van der Waals surface area contributed by atoms with Gasteiger partial charge in [0.15, 0.2) is 0 Å². The first-order valence-electron chi connectivity index (χ1n) is 8.55. The molecule has 1 amide bonds. The third-order valence-corrected chi connectivity index (χ3v) is 4.22. The number of anilines is 1. The first-order chi connectivity index (χ1) is 12.1. The van der Waals surface area contributed by atoms with Crippen molar-refractivity contribution in [1.82, 2.24) is 10.2 Å². The number of hydrogen-bond donors (Lipinski definition) is 1. The Labute approximate surface area is 148 Å². The number of hydrazone groups is 1. The van der Waals surface area contributed by atoms with Gasteiger partial charge in [-0.25, -0.2) is 0 Å². The van der Waals surface area contributed by atoms with Crippen molar-refractivity contribution in [3.8, 4) is 0 Å². The SMILES string of the molecule is CN(C)CCNC(=O)C1=NN(c2ccccc2)C(c2ccccc2)C1. The second-order valence-electron chi connectivity index (χ2n) is 6.42. The molecular formula is C20H24N4O. The number of nitrogens with one attached hydrogen (secondary N) is 1. The van der Waals surface area contributed by atoms with E-state index in [9.17, 15) is 4.79 Å². The monoisotopic (exact) mass is 336 g/mol. The third-order valence-electron chi connectivity index (χ3n) is 4.22. The van der Waals surface area contributed by atoms with Crippen LogP contribution in [0.4, 0.5) is 5.69 Å². The average Bonchev–Trinajstić information content (AvgIpc) is 3.08. The predicted molar refractivity (Wildman–Crippen MR) is 102 cm³/mol. The van der Waals surface area contributed by atoms with Crippen molar-refractivity contribution < 1.29 is 4.79 Å². The first-order valence-corrected chi connectivity index (χ1v) is 8.55. The Morgan fingerprint density at radius 1 is 1.12 bits per heavy atom. The zero-order chi connectivity index (χ0) is 17.6. The molecule has 1 N–H and O–H groups in total. The number of para-hydroxylation sites is 1. The summed E-state index contributed by atoms with van der Waals surface area (Å²) in [5.41, 5.74) is 2.73. The molecule has 1 atom stereocenters. The van der Waals surface area contributed by atoms with Crippen molar-refractivity contribution in [3.05, 3.63) is 66.2 Å². The van der Waals surface area contributed by atoms with Crippen LogP contribution in [0, 0.1) is 0 Å². The van der Waals surface area contributed by atoms with Gasteiger partial charge in [-0.3, -0.25) is 9.80 Å². The summed E-state index contributed by atoms with van der Waals surface area (Å²) in [6.45, 7) is 1.43. The lowest BCUT2D eigenvalue weighted by atomic mass is 10.0. The molecule has 3 rings (SSSR count). The van der Waals surface area contributed by atoms with Crippen molar-refractivity contribution >= 4 is 17.3 Å². The Balaban J connectivity index is 1.80. The Bertz CT molecular complexity index is 728. The molecule has 1 unspecified atom stereocenters. The van der Waals surface area contributed by atoms with Crippen molar-refractivity contribution in [2.45, 2.75) is 12.5 Å². The lowest BCUT2D eigenvalue weighted by molar-refractivity contribution is -0.114. The lowest BCUT2D eigenvalue weighted by Gasteiger charge is -2.23. The maximum absolute atomic E-state index is 12.5. The second-order valence-corrected chi connectivity index (χ2v) is 6.42. The average molecular weight is 336 g/mol. The summed E-state index contributed by atoms with van der Waals surface area (Å²) < 4.78 is 0. The highest BCUT2D eigenvalue weighted by Crippen LogP contribution is 2.34. The van der Waals surface area contributed by atoms with Gasteiger partial charge in [0.1, 0.15) is 5.71 Å². The van der Waals surface area contributed by atoms with Gasteiger partial charge in [0.25, 0.3) is 5.91 Å². The molecule has 0 spiro atoms. The van der Waals surface area contributed by atoms with Crippen molar-refractivity contribution in [3.63, 3.8) is 0 Å². The maximum atomic E-state index is 12.5. The van der Waals surface area contributed by atoms with E-state index >= 15 is 0 Å². The van der Waals surface area contributed by atoms with Gasteiger partial charge in [0.05, 0.1) is 11.7 Å². The minimum Gasteiger partial charge on any atom is -0.350 e. The van der Waals surface area contributed by atoms with E-state index in [0.29, 0.717) is 18.7 Å². The predicted octanol–water partition coefficient (Wildman–Crippen LogP) is 2.67. The fourth-order valence-electron chi connectivity index (χ4n) is 2.90. The van der Waals surface area contributed by atoms with Crippen molar-refractivity contribution in [1.29, 1.82) is 0 Å². The fourth-order valence-corrected chi connectivity index (χ4v) is 2.90. The van der Waals surface area contributed by atoms with Crippen LogP contribution in [0.5, 0.6) is 0 Å². The molecule has 1 aliphatic heterocycles. The molecule has 0 fully saturated rings. The molecule has 2 aromatic rings. The van der Waals surface area contributed by atoms with E-state index in [1.807, 2.05) is 72.5 Å². The smallest absolute Gasteiger partial charge is 0.267 e. The first kappa shape index (κ1) is 17.2. The molecule has 0 aromatic heterocycles. The Morgan fingerprint density at radius 2 is 1.76 bits per heavy atom. The molecule has 130 valence electrons. The maximum Gasteiger partial charge on any atom is 0.267 e. The Morgan fingerprint density at radius 3 is 2.40 bits per heavy atom. The van der Waals surface area contributed by atoms with E-state index in [1.54, 1.807) is 0 Å². The summed E-state index contributed by atoms with van der Waals surface area (Å²) in [6.07, 6.45) is 0.604. The second kappa shape index (κ2) is 7.94. The largest absolute Gasteiger partial charge is 0.350 e. The van der Waals surface area contributed by atoms with Crippen LogP contribution in [-0.2, 0) is 4.79 Å². The van der Waals surface area contributed by atoms with Crippen LogP contribution in [-0.4, -0.2) is 43.7 Å². The third kappa shape index (κ3) is 4.25. The lowest BCUT2D eigenvalue weighted by Crippen LogP contribution is -2.35. The summed E-state index contributed by atoms with van der Waals surface area (Å²) in [6, 6.07) is 20.3. The Kier molecular flexibility index (Phi) is 5.46. The fraction of sp³-hybridized carbons (Fsp3) is 0.300. The van der Waals surface area contributed by atoms with Gasteiger partial charge < -0.3 is 10.2 Å². The summed E-state index contributed by atoms with van der Waals surface area (Å²) >= 11 is 0. The minimum atomic E-state index is -0.0822. The highest BCUT2D eigenvalue weighted by molar-refractivity contribution is 6.39. The van der Waals surface area contributed by atoms with E-state index < -0.39 is 0 Å². The van der Waals surface area contributed by atoms with E-state index in [2.05, 4.69) is 22.6 Å². The summed E-state index contributed by atoms with van der Waals surface area (Å²) in [5, 5.41) is 9.55. The normalized spacial score (nSPS) is 16.8. The van der Waals surface area contributed by atoms with Crippen molar-refractivity contribution in [2.75, 3.05) is 32.2 Å². The molecule has 0 radical (unpaired) electrons. The molecule has 25 heavy (non-hydrogen) atoms. The number of likely N-dealkylation sites (N-methyl/N-ethyl adjacent to an activating group) is 1. The zero-order valence-electron chi connectivity index (χ0n) is 14.7. The molecular weight excluding hydrogens is 312 g/mol. The number of amides is 1. The van der Waals surface area contributed by atoms with Gasteiger partial charge in [-0.05, 0) is 31.8 Å². The molecule has 5 heteroatoms. The molecule has 2 aromatic carbocycles. The molecule has 0 saturated carbocycles. The van der Waals surface area contributed by atoms with E-state index in [0.717, 1.165) is 17.8 Å². The number of rotatable bonds is 6. The van der Waals surface area contributed by atoms with Crippen LogP contribution in [0.15, 0.2) is 65.8 Å². The van der Waals surface area contributed by atoms with Crippen LogP contribution in [0.2, 0.25) is 0 Å². The molecule has 0 aliphatic carbocycles. The molecule has 5 nitrogen and oxygen atoms in total. The van der Waals surface area contributed by atoms with E-state index in [1.165, 1.54) is 0 Å². The number of nitrogens with zero attached hydrogens (tertiary/aromatic N) is 3. The highest BCUT2D eigenvalue weighted by atomic mass is 16.2. The molecule has 1 aliphatic rings. The van der Waals surface area contributed by atoms with Crippen LogP contribution in [0.3, 0.4) is 0 Å². The Hall–Kier alpha value is -2.66. The zero-order valence-corrected chi connectivity index (χ0v) is 14.7. The molecule has 0 bridgehead atoms. The number of carbonyl (C=O) groups is 1. The topological polar surface area (TPSA) is 47.9 Å². The standard InChI is InChI=1S/C20H24N4O/c1-23(2)14-13-21-20(25)18-15-19(16-9-5-3-6-10-16)24(22-18)17-11-7-4-8-12-17/h3-12,19H,13-15H2,1-2H3,(H,21,25). The van der Waals surface area contributed by atoms with E-state index in [4.69, 9.17) is 0 Å². The number of carbonyl (C=O) groups excluding carboxylic acids is 1. The summed E-state index contributed by atoms with van der Waals surface area (Å²) in [5.74, 6) is -0.0822. The summed E-state index contributed by atoms with van der Waals surface area (Å²) in [7, 11) is 3.98. The highest BCUT2D eigenvalue weighted by Gasteiger charge is 2.32. The number of benzene rings is 2. The van der Waals surface area contributed by atoms with Gasteiger partial charge in [-0.2, -0.15) is 5.10 Å². The summed E-state index contributed by atoms with van der Waals surface area (Å²) in [4.78, 5) is 14.5. The van der Waals surface area contributed by atoms with Crippen molar-refractivity contribution in [2.24, 2.45) is 5.10 Å². The van der Waals surface area contributed by atoms with E-state index in [-0.39, 0.29) is 11.9 Å². The quantitative estimate of drug-likeness (QED) is 0.882.